The number of nitrogens with zero attached hydrogens (tertiary/aromatic N) is 1. The predicted molar refractivity (Wildman–Crippen MR) is 54.3 cm³/mol. The highest BCUT2D eigenvalue weighted by Gasteiger charge is 2.17. The Balaban J connectivity index is 2.94. The van der Waals surface area contributed by atoms with Gasteiger partial charge in [0.1, 0.15) is 16.4 Å². The third-order valence-electron chi connectivity index (χ3n) is 1.73. The zero-order valence-electron chi connectivity index (χ0n) is 7.19. The molecule has 0 fully saturated rings. The average molecular weight is 237 g/mol. The Morgan fingerprint density at radius 2 is 1.79 bits per heavy atom. The molecule has 0 spiro atoms. The van der Waals surface area contributed by atoms with Crippen molar-refractivity contribution in [2.75, 3.05) is 6.54 Å². The second-order valence-corrected chi connectivity index (χ2v) is 3.57. The molecule has 0 saturated carbocycles. The molecule has 1 heterocycles. The van der Waals surface area contributed by atoms with E-state index < -0.39 is 12.2 Å². The van der Waals surface area contributed by atoms with E-state index >= 15 is 0 Å². The first-order valence-electron chi connectivity index (χ1n) is 3.93. The van der Waals surface area contributed by atoms with Gasteiger partial charge in [0.05, 0.1) is 6.10 Å². The van der Waals surface area contributed by atoms with Crippen LogP contribution in [0, 0.1) is 0 Å². The van der Waals surface area contributed by atoms with Gasteiger partial charge in [-0.25, -0.2) is 4.98 Å². The van der Waals surface area contributed by atoms with E-state index in [0.29, 0.717) is 5.56 Å². The smallest absolute Gasteiger partial charge is 0.131 e. The first kappa shape index (κ1) is 11.7. The quantitative estimate of drug-likeness (QED) is 0.677. The second-order valence-electron chi connectivity index (χ2n) is 2.79. The molecule has 0 bridgehead atoms. The maximum Gasteiger partial charge on any atom is 0.131 e. The number of hydrogen-bond acceptors (Lipinski definition) is 4. The van der Waals surface area contributed by atoms with Gasteiger partial charge in [0, 0.05) is 6.54 Å². The molecule has 2 atom stereocenters. The van der Waals surface area contributed by atoms with Crippen molar-refractivity contribution in [3.63, 3.8) is 0 Å². The van der Waals surface area contributed by atoms with Crippen molar-refractivity contribution in [3.05, 3.63) is 28.0 Å². The van der Waals surface area contributed by atoms with E-state index in [0.717, 1.165) is 0 Å². The summed E-state index contributed by atoms with van der Waals surface area (Å²) in [7, 11) is 0. The molecular formula is C8H10Cl2N2O2. The topological polar surface area (TPSA) is 79.4 Å². The third kappa shape index (κ3) is 2.80. The van der Waals surface area contributed by atoms with Crippen molar-refractivity contribution in [1.82, 2.24) is 4.98 Å². The first-order valence-corrected chi connectivity index (χ1v) is 4.69. The standard InChI is InChI=1S/C8H10Cl2N2O2/c9-6-1-4(2-7(10)12-6)8(14)5(13)3-11/h1-2,5,8,13-14H,3,11H2. The van der Waals surface area contributed by atoms with Gasteiger partial charge in [-0.15, -0.1) is 0 Å². The van der Waals surface area contributed by atoms with Crippen molar-refractivity contribution in [2.24, 2.45) is 5.73 Å². The molecule has 6 heteroatoms. The van der Waals surface area contributed by atoms with Gasteiger partial charge in [0.2, 0.25) is 0 Å². The van der Waals surface area contributed by atoms with Crippen molar-refractivity contribution >= 4 is 23.2 Å². The van der Waals surface area contributed by atoms with E-state index in [1.165, 1.54) is 12.1 Å². The van der Waals surface area contributed by atoms with E-state index in [1.807, 2.05) is 0 Å². The van der Waals surface area contributed by atoms with Crippen LogP contribution in [0.1, 0.15) is 11.7 Å². The first-order chi connectivity index (χ1) is 6.54. The van der Waals surface area contributed by atoms with Gasteiger partial charge in [-0.3, -0.25) is 0 Å². The number of aliphatic hydroxyl groups is 2. The van der Waals surface area contributed by atoms with Gasteiger partial charge in [-0.05, 0) is 17.7 Å². The molecule has 78 valence electrons. The molecule has 4 N–H and O–H groups in total. The predicted octanol–water partition coefficient (Wildman–Crippen LogP) is 0.741. The minimum Gasteiger partial charge on any atom is -0.389 e. The number of pyridine rings is 1. The molecule has 0 saturated heterocycles. The number of aliphatic hydroxyl groups excluding tert-OH is 2. The molecular weight excluding hydrogens is 227 g/mol. The fraction of sp³-hybridized carbons (Fsp3) is 0.375. The van der Waals surface area contributed by atoms with Crippen molar-refractivity contribution in [1.29, 1.82) is 0 Å². The summed E-state index contributed by atoms with van der Waals surface area (Å²) >= 11 is 11.2. The zero-order chi connectivity index (χ0) is 10.7. The number of hydrogen-bond donors (Lipinski definition) is 3. The Bertz CT molecular complexity index is 302. The lowest BCUT2D eigenvalue weighted by atomic mass is 10.1. The lowest BCUT2D eigenvalue weighted by Crippen LogP contribution is -2.27. The lowest BCUT2D eigenvalue weighted by molar-refractivity contribution is 0.0243. The van der Waals surface area contributed by atoms with Crippen molar-refractivity contribution in [2.45, 2.75) is 12.2 Å². The van der Waals surface area contributed by atoms with Crippen LogP contribution in [0.15, 0.2) is 12.1 Å². The summed E-state index contributed by atoms with van der Waals surface area (Å²) < 4.78 is 0. The van der Waals surface area contributed by atoms with E-state index in [4.69, 9.17) is 28.9 Å². The van der Waals surface area contributed by atoms with Crippen LogP contribution in [0.4, 0.5) is 0 Å². The normalized spacial score (nSPS) is 15.2. The molecule has 0 aromatic carbocycles. The van der Waals surface area contributed by atoms with Crippen molar-refractivity contribution < 1.29 is 10.2 Å². The zero-order valence-corrected chi connectivity index (χ0v) is 8.70. The largest absolute Gasteiger partial charge is 0.389 e. The molecule has 2 unspecified atom stereocenters. The minimum absolute atomic E-state index is 0.0429. The van der Waals surface area contributed by atoms with Gasteiger partial charge in [-0.1, -0.05) is 23.2 Å². The molecule has 0 aliphatic carbocycles. The fourth-order valence-corrected chi connectivity index (χ4v) is 1.48. The van der Waals surface area contributed by atoms with Crippen LogP contribution < -0.4 is 5.73 Å². The van der Waals surface area contributed by atoms with Gasteiger partial charge >= 0.3 is 0 Å². The van der Waals surface area contributed by atoms with E-state index in [9.17, 15) is 10.2 Å². The van der Waals surface area contributed by atoms with Crippen LogP contribution in [-0.4, -0.2) is 27.8 Å². The summed E-state index contributed by atoms with van der Waals surface area (Å²) in [6.45, 7) is -0.0429. The Morgan fingerprint density at radius 1 is 1.29 bits per heavy atom. The average Bonchev–Trinajstić information content (AvgIpc) is 2.14. The summed E-state index contributed by atoms with van der Waals surface area (Å²) in [6, 6.07) is 2.86. The summed E-state index contributed by atoms with van der Waals surface area (Å²) in [4.78, 5) is 3.71. The molecule has 1 rings (SSSR count). The maximum atomic E-state index is 9.56. The number of halogens is 2. The van der Waals surface area contributed by atoms with Gasteiger partial charge < -0.3 is 15.9 Å². The molecule has 4 nitrogen and oxygen atoms in total. The maximum absolute atomic E-state index is 9.56. The molecule has 1 aromatic heterocycles. The van der Waals surface area contributed by atoms with Gasteiger partial charge in [0.15, 0.2) is 0 Å². The SMILES string of the molecule is NCC(O)C(O)c1cc(Cl)nc(Cl)c1. The lowest BCUT2D eigenvalue weighted by Gasteiger charge is -2.16. The van der Waals surface area contributed by atoms with Crippen LogP contribution in [0.25, 0.3) is 0 Å². The van der Waals surface area contributed by atoms with Crippen molar-refractivity contribution in [3.8, 4) is 0 Å². The molecule has 0 aliphatic heterocycles. The van der Waals surface area contributed by atoms with Crippen LogP contribution in [-0.2, 0) is 0 Å². The highest BCUT2D eigenvalue weighted by atomic mass is 35.5. The summed E-state index contributed by atoms with van der Waals surface area (Å²) in [5.74, 6) is 0. The molecule has 1 aromatic rings. The van der Waals surface area contributed by atoms with Crippen LogP contribution >= 0.6 is 23.2 Å². The Hall–Kier alpha value is -0.390. The highest BCUT2D eigenvalue weighted by Crippen LogP contribution is 2.22. The van der Waals surface area contributed by atoms with Crippen LogP contribution in [0.5, 0.6) is 0 Å². The highest BCUT2D eigenvalue weighted by molar-refractivity contribution is 6.32. The number of rotatable bonds is 3. The van der Waals surface area contributed by atoms with E-state index in [-0.39, 0.29) is 16.9 Å². The van der Waals surface area contributed by atoms with Gasteiger partial charge in [-0.2, -0.15) is 0 Å². The van der Waals surface area contributed by atoms with E-state index in [2.05, 4.69) is 4.98 Å². The molecule has 14 heavy (non-hydrogen) atoms. The van der Waals surface area contributed by atoms with Gasteiger partial charge in [0.25, 0.3) is 0 Å². The Kier molecular flexibility index (Phi) is 4.10. The fourth-order valence-electron chi connectivity index (χ4n) is 1.01. The molecule has 0 radical (unpaired) electrons. The monoisotopic (exact) mass is 236 g/mol. The number of nitrogens with two attached hydrogens (primary N) is 1. The molecule has 0 aliphatic rings. The summed E-state index contributed by atoms with van der Waals surface area (Å²) in [5, 5.41) is 19.2. The second kappa shape index (κ2) is 4.91. The Labute approximate surface area is 91.3 Å². The summed E-state index contributed by atoms with van der Waals surface area (Å²) in [6.07, 6.45) is -2.14. The minimum atomic E-state index is -1.10. The summed E-state index contributed by atoms with van der Waals surface area (Å²) in [5.41, 5.74) is 5.59. The van der Waals surface area contributed by atoms with E-state index in [1.54, 1.807) is 0 Å². The van der Waals surface area contributed by atoms with Crippen LogP contribution in [0.2, 0.25) is 10.3 Å². The molecule has 0 amide bonds. The van der Waals surface area contributed by atoms with Crippen LogP contribution in [0.3, 0.4) is 0 Å². The number of aromatic nitrogens is 1. The Morgan fingerprint density at radius 3 is 2.21 bits per heavy atom. The third-order valence-corrected chi connectivity index (χ3v) is 2.12.